The lowest BCUT2D eigenvalue weighted by Gasteiger charge is -2.20. The molecule has 1 saturated carbocycles. The molecule has 1 aliphatic carbocycles. The summed E-state index contributed by atoms with van der Waals surface area (Å²) in [4.78, 5) is 0. The van der Waals surface area contributed by atoms with E-state index in [2.05, 4.69) is 6.07 Å². The maximum Gasteiger partial charge on any atom is 0.150 e. The van der Waals surface area contributed by atoms with Crippen molar-refractivity contribution in [2.75, 3.05) is 11.5 Å². The molecule has 2 unspecified atom stereocenters. The number of sulfone groups is 1. The summed E-state index contributed by atoms with van der Waals surface area (Å²) in [5.74, 6) is 0.803. The third-order valence-electron chi connectivity index (χ3n) is 4.05. The van der Waals surface area contributed by atoms with Gasteiger partial charge in [0.2, 0.25) is 0 Å². The summed E-state index contributed by atoms with van der Waals surface area (Å²) in [5, 5.41) is 10.4. The summed E-state index contributed by atoms with van der Waals surface area (Å²) in [6.07, 6.45) is 2.33. The Hall–Kier alpha value is -0.870. The van der Waals surface area contributed by atoms with Gasteiger partial charge in [-0.2, -0.15) is 0 Å². The van der Waals surface area contributed by atoms with E-state index < -0.39 is 15.9 Å². The number of aliphatic hydroxyl groups is 1. The van der Waals surface area contributed by atoms with Crippen LogP contribution in [0.5, 0.6) is 0 Å². The number of benzene rings is 1. The molecule has 0 aromatic heterocycles. The zero-order chi connectivity index (χ0) is 12.8. The minimum atomic E-state index is -2.93. The molecule has 0 spiro atoms. The third kappa shape index (κ3) is 2.31. The first-order chi connectivity index (χ1) is 8.57. The summed E-state index contributed by atoms with van der Waals surface area (Å²) >= 11 is 0. The molecule has 2 aliphatic rings. The van der Waals surface area contributed by atoms with E-state index in [1.165, 1.54) is 18.4 Å². The van der Waals surface area contributed by atoms with Gasteiger partial charge in [-0.15, -0.1) is 0 Å². The lowest BCUT2D eigenvalue weighted by Crippen LogP contribution is -2.15. The van der Waals surface area contributed by atoms with E-state index in [1.54, 1.807) is 0 Å². The highest BCUT2D eigenvalue weighted by molar-refractivity contribution is 7.91. The molecule has 18 heavy (non-hydrogen) atoms. The van der Waals surface area contributed by atoms with E-state index in [0.717, 1.165) is 5.56 Å². The Kier molecular flexibility index (Phi) is 2.94. The van der Waals surface area contributed by atoms with Crippen LogP contribution in [0.2, 0.25) is 0 Å². The Morgan fingerprint density at radius 1 is 1.17 bits per heavy atom. The molecule has 4 heteroatoms. The topological polar surface area (TPSA) is 54.4 Å². The molecule has 98 valence electrons. The maximum absolute atomic E-state index is 11.5. The zero-order valence-corrected chi connectivity index (χ0v) is 11.1. The van der Waals surface area contributed by atoms with Crippen LogP contribution in [0.15, 0.2) is 24.3 Å². The fourth-order valence-corrected chi connectivity index (χ4v) is 4.70. The molecular weight excluding hydrogens is 248 g/mol. The lowest BCUT2D eigenvalue weighted by atomic mass is 9.90. The number of hydrogen-bond donors (Lipinski definition) is 1. The first kappa shape index (κ1) is 12.2. The molecule has 3 rings (SSSR count). The van der Waals surface area contributed by atoms with E-state index in [-0.39, 0.29) is 17.4 Å². The molecule has 1 aromatic carbocycles. The Morgan fingerprint density at radius 2 is 1.89 bits per heavy atom. The Labute approximate surface area is 108 Å². The van der Waals surface area contributed by atoms with Gasteiger partial charge in [-0.25, -0.2) is 8.42 Å². The van der Waals surface area contributed by atoms with Crippen LogP contribution in [-0.2, 0) is 9.84 Å². The van der Waals surface area contributed by atoms with Crippen LogP contribution in [0.4, 0.5) is 0 Å². The zero-order valence-electron chi connectivity index (χ0n) is 10.2. The minimum absolute atomic E-state index is 0.130. The molecule has 0 bridgehead atoms. The SMILES string of the molecule is O=S1(=O)CCC(C(O)c2ccccc2C2CC2)C1. The van der Waals surface area contributed by atoms with Crippen molar-refractivity contribution in [1.82, 2.24) is 0 Å². The van der Waals surface area contributed by atoms with E-state index in [1.807, 2.05) is 18.2 Å². The molecule has 1 N–H and O–H groups in total. The first-order valence-electron chi connectivity index (χ1n) is 6.54. The molecule has 2 fully saturated rings. The van der Waals surface area contributed by atoms with Crippen LogP contribution in [0.3, 0.4) is 0 Å². The van der Waals surface area contributed by atoms with Crippen molar-refractivity contribution < 1.29 is 13.5 Å². The van der Waals surface area contributed by atoms with Crippen molar-refractivity contribution in [2.24, 2.45) is 5.92 Å². The van der Waals surface area contributed by atoms with Gasteiger partial charge in [-0.1, -0.05) is 24.3 Å². The molecule has 2 atom stereocenters. The monoisotopic (exact) mass is 266 g/mol. The summed E-state index contributed by atoms with van der Waals surface area (Å²) in [6.45, 7) is 0. The van der Waals surface area contributed by atoms with Crippen molar-refractivity contribution in [2.45, 2.75) is 31.3 Å². The fraction of sp³-hybridized carbons (Fsp3) is 0.571. The van der Waals surface area contributed by atoms with Crippen molar-refractivity contribution in [3.8, 4) is 0 Å². The molecule has 1 aliphatic heterocycles. The molecule has 0 amide bonds. The first-order valence-corrected chi connectivity index (χ1v) is 8.36. The predicted molar refractivity (Wildman–Crippen MR) is 70.1 cm³/mol. The number of rotatable bonds is 3. The maximum atomic E-state index is 11.5. The summed E-state index contributed by atoms with van der Waals surface area (Å²) in [6, 6.07) is 7.94. The quantitative estimate of drug-likeness (QED) is 0.910. The van der Waals surface area contributed by atoms with Crippen LogP contribution < -0.4 is 0 Å². The second kappa shape index (κ2) is 4.35. The Bertz CT molecular complexity index is 546. The highest BCUT2D eigenvalue weighted by Gasteiger charge is 2.36. The average Bonchev–Trinajstić information content (AvgIpc) is 3.13. The fourth-order valence-electron chi connectivity index (χ4n) is 2.87. The predicted octanol–water partition coefficient (Wildman–Crippen LogP) is 2.03. The normalized spacial score (nSPS) is 28.2. The minimum Gasteiger partial charge on any atom is -0.388 e. The van der Waals surface area contributed by atoms with E-state index >= 15 is 0 Å². The molecular formula is C14H18O3S. The van der Waals surface area contributed by atoms with Crippen LogP contribution in [0, 0.1) is 5.92 Å². The highest BCUT2D eigenvalue weighted by Crippen LogP contribution is 2.44. The van der Waals surface area contributed by atoms with Gasteiger partial charge in [0.15, 0.2) is 9.84 Å². The average molecular weight is 266 g/mol. The van der Waals surface area contributed by atoms with Crippen LogP contribution in [0.1, 0.15) is 42.4 Å². The number of aliphatic hydroxyl groups excluding tert-OH is 1. The molecule has 1 saturated heterocycles. The smallest absolute Gasteiger partial charge is 0.150 e. The van der Waals surface area contributed by atoms with Gasteiger partial charge >= 0.3 is 0 Å². The van der Waals surface area contributed by atoms with E-state index in [9.17, 15) is 13.5 Å². The lowest BCUT2D eigenvalue weighted by molar-refractivity contribution is 0.120. The molecule has 0 radical (unpaired) electrons. The van der Waals surface area contributed by atoms with Gasteiger partial charge in [0.1, 0.15) is 0 Å². The van der Waals surface area contributed by atoms with Crippen molar-refractivity contribution in [3.05, 3.63) is 35.4 Å². The Balaban J connectivity index is 1.86. The highest BCUT2D eigenvalue weighted by atomic mass is 32.2. The van der Waals surface area contributed by atoms with E-state index in [0.29, 0.717) is 12.3 Å². The van der Waals surface area contributed by atoms with E-state index in [4.69, 9.17) is 0 Å². The van der Waals surface area contributed by atoms with Crippen LogP contribution in [0.25, 0.3) is 0 Å². The van der Waals surface area contributed by atoms with Crippen LogP contribution >= 0.6 is 0 Å². The molecule has 1 heterocycles. The van der Waals surface area contributed by atoms with Crippen molar-refractivity contribution in [3.63, 3.8) is 0 Å². The van der Waals surface area contributed by atoms with Gasteiger partial charge < -0.3 is 5.11 Å². The van der Waals surface area contributed by atoms with Gasteiger partial charge in [0, 0.05) is 5.92 Å². The van der Waals surface area contributed by atoms with Crippen molar-refractivity contribution in [1.29, 1.82) is 0 Å². The van der Waals surface area contributed by atoms with Gasteiger partial charge in [-0.3, -0.25) is 0 Å². The second-order valence-electron chi connectivity index (χ2n) is 5.51. The number of hydrogen-bond acceptors (Lipinski definition) is 3. The molecule has 1 aromatic rings. The van der Waals surface area contributed by atoms with Crippen molar-refractivity contribution >= 4 is 9.84 Å². The largest absolute Gasteiger partial charge is 0.388 e. The summed E-state index contributed by atoms with van der Waals surface area (Å²) < 4.78 is 23.0. The molecule has 3 nitrogen and oxygen atoms in total. The Morgan fingerprint density at radius 3 is 2.50 bits per heavy atom. The standard InChI is InChI=1S/C14H18O3S/c15-14(11-7-8-18(16,17)9-11)13-4-2-1-3-12(13)10-5-6-10/h1-4,10-11,14-15H,5-9H2. The van der Waals surface area contributed by atoms with Crippen LogP contribution in [-0.4, -0.2) is 25.0 Å². The second-order valence-corrected chi connectivity index (χ2v) is 7.74. The third-order valence-corrected chi connectivity index (χ3v) is 5.84. The van der Waals surface area contributed by atoms with Gasteiger partial charge in [0.05, 0.1) is 17.6 Å². The van der Waals surface area contributed by atoms with Gasteiger partial charge in [-0.05, 0) is 36.3 Å². The summed E-state index contributed by atoms with van der Waals surface area (Å²) in [7, 11) is -2.93. The summed E-state index contributed by atoms with van der Waals surface area (Å²) in [5.41, 5.74) is 2.16. The van der Waals surface area contributed by atoms with Gasteiger partial charge in [0.25, 0.3) is 0 Å².